The Hall–Kier alpha value is -2.52. The minimum atomic E-state index is 0.0251. The molecule has 0 heterocycles. The van der Waals surface area contributed by atoms with Crippen molar-refractivity contribution in [1.29, 1.82) is 0 Å². The summed E-state index contributed by atoms with van der Waals surface area (Å²) in [4.78, 5) is 11.9. The summed E-state index contributed by atoms with van der Waals surface area (Å²) in [5, 5.41) is 5.92. The van der Waals surface area contributed by atoms with Gasteiger partial charge in [-0.25, -0.2) is 0 Å². The number of rotatable bonds is 7. The number of carbonyl (C=O) groups is 1. The number of aryl methyl sites for hydroxylation is 1. The average Bonchev–Trinajstić information content (AvgIpc) is 2.64. The van der Waals surface area contributed by atoms with E-state index >= 15 is 0 Å². The zero-order valence-corrected chi connectivity index (χ0v) is 14.6. The zero-order chi connectivity index (χ0) is 17.5. The van der Waals surface area contributed by atoms with Gasteiger partial charge in [-0.15, -0.1) is 0 Å². The quantitative estimate of drug-likeness (QED) is 0.629. The molecule has 128 valence electrons. The summed E-state index contributed by atoms with van der Waals surface area (Å²) < 4.78 is 5.71. The maximum atomic E-state index is 11.9. The first-order valence-corrected chi connectivity index (χ1v) is 8.71. The summed E-state index contributed by atoms with van der Waals surface area (Å²) in [6.07, 6.45) is 1.16. The van der Waals surface area contributed by atoms with Gasteiger partial charge in [-0.1, -0.05) is 54.1 Å². The highest BCUT2D eigenvalue weighted by Gasteiger charge is 2.03. The molecule has 3 aromatic carbocycles. The van der Waals surface area contributed by atoms with Gasteiger partial charge in [0.05, 0.1) is 6.54 Å². The third-order valence-corrected chi connectivity index (χ3v) is 4.22. The van der Waals surface area contributed by atoms with E-state index in [2.05, 4.69) is 17.4 Å². The number of hydrogen-bond acceptors (Lipinski definition) is 2. The highest BCUT2D eigenvalue weighted by molar-refractivity contribution is 6.30. The summed E-state index contributed by atoms with van der Waals surface area (Å²) in [5.41, 5.74) is 1.10. The first-order chi connectivity index (χ1) is 12.2. The van der Waals surface area contributed by atoms with E-state index in [-0.39, 0.29) is 5.91 Å². The summed E-state index contributed by atoms with van der Waals surface area (Å²) in [5.74, 6) is 0.839. The number of hydrogen-bond donors (Lipinski definition) is 1. The minimum Gasteiger partial charge on any atom is -0.492 e. The maximum absolute atomic E-state index is 11.9. The molecule has 4 heteroatoms. The molecule has 1 amide bonds. The lowest BCUT2D eigenvalue weighted by Crippen LogP contribution is -2.28. The van der Waals surface area contributed by atoms with Crippen LogP contribution in [0.25, 0.3) is 10.8 Å². The van der Waals surface area contributed by atoms with Crippen LogP contribution < -0.4 is 10.1 Å². The van der Waals surface area contributed by atoms with E-state index in [9.17, 15) is 4.79 Å². The molecule has 3 aromatic rings. The van der Waals surface area contributed by atoms with Crippen molar-refractivity contribution in [3.8, 4) is 5.75 Å². The van der Waals surface area contributed by atoms with E-state index in [4.69, 9.17) is 16.3 Å². The van der Waals surface area contributed by atoms with Gasteiger partial charge in [-0.2, -0.15) is 0 Å². The van der Waals surface area contributed by atoms with Crippen molar-refractivity contribution in [1.82, 2.24) is 5.32 Å². The van der Waals surface area contributed by atoms with Gasteiger partial charge in [0, 0.05) is 11.4 Å². The third-order valence-electron chi connectivity index (χ3n) is 3.97. The van der Waals surface area contributed by atoms with Gasteiger partial charge in [-0.3, -0.25) is 4.79 Å². The Morgan fingerprint density at radius 2 is 1.72 bits per heavy atom. The Kier molecular flexibility index (Phi) is 5.91. The highest BCUT2D eigenvalue weighted by atomic mass is 35.5. The van der Waals surface area contributed by atoms with Crippen molar-refractivity contribution >= 4 is 28.3 Å². The lowest BCUT2D eigenvalue weighted by Gasteiger charge is -2.09. The van der Waals surface area contributed by atoms with Crippen molar-refractivity contribution < 1.29 is 9.53 Å². The first kappa shape index (κ1) is 17.3. The fourth-order valence-corrected chi connectivity index (χ4v) is 2.74. The smallest absolute Gasteiger partial charge is 0.220 e. The summed E-state index contributed by atoms with van der Waals surface area (Å²) >= 11 is 5.85. The molecule has 0 bridgehead atoms. The van der Waals surface area contributed by atoms with E-state index in [0.29, 0.717) is 31.0 Å². The van der Waals surface area contributed by atoms with E-state index in [1.54, 1.807) is 0 Å². The number of amides is 1. The molecule has 0 saturated heterocycles. The largest absolute Gasteiger partial charge is 0.492 e. The molecule has 0 atom stereocenters. The minimum absolute atomic E-state index is 0.0251. The Morgan fingerprint density at radius 3 is 2.52 bits per heavy atom. The summed E-state index contributed by atoms with van der Waals surface area (Å²) in [7, 11) is 0. The van der Waals surface area contributed by atoms with Gasteiger partial charge in [0.25, 0.3) is 0 Å². The summed E-state index contributed by atoms with van der Waals surface area (Å²) in [6, 6.07) is 21.7. The predicted octanol–water partition coefficient (Wildman–Crippen LogP) is 4.62. The van der Waals surface area contributed by atoms with Crippen LogP contribution in [0.2, 0.25) is 5.02 Å². The number of halogens is 1. The summed E-state index contributed by atoms with van der Waals surface area (Å²) in [6.45, 7) is 0.942. The van der Waals surface area contributed by atoms with E-state index < -0.39 is 0 Å². The lowest BCUT2D eigenvalue weighted by molar-refractivity contribution is -0.121. The van der Waals surface area contributed by atoms with E-state index in [1.807, 2.05) is 54.6 Å². The molecule has 1 N–H and O–H groups in total. The number of ether oxygens (including phenoxy) is 1. The van der Waals surface area contributed by atoms with Crippen LogP contribution in [0.5, 0.6) is 5.75 Å². The Bertz CT molecular complexity index is 846. The van der Waals surface area contributed by atoms with E-state index in [0.717, 1.165) is 16.7 Å². The second-order valence-corrected chi connectivity index (χ2v) is 6.27. The van der Waals surface area contributed by atoms with Gasteiger partial charge < -0.3 is 10.1 Å². The molecule has 0 unspecified atom stereocenters. The van der Waals surface area contributed by atoms with Crippen molar-refractivity contribution in [3.63, 3.8) is 0 Å². The number of nitrogens with one attached hydrogen (secondary N) is 1. The molecule has 0 spiro atoms. The van der Waals surface area contributed by atoms with Crippen LogP contribution in [-0.4, -0.2) is 19.1 Å². The number of fused-ring (bicyclic) bond motifs is 1. The van der Waals surface area contributed by atoms with Gasteiger partial charge in [-0.05, 0) is 47.0 Å². The molecule has 3 rings (SSSR count). The molecule has 0 fully saturated rings. The van der Waals surface area contributed by atoms with Gasteiger partial charge in [0.2, 0.25) is 5.91 Å². The SMILES string of the molecule is O=C(CCc1ccc(Cl)cc1)NCCOc1ccc2ccccc2c1. The Balaban J connectivity index is 1.38. The Labute approximate surface area is 152 Å². The monoisotopic (exact) mass is 353 g/mol. The van der Waals surface area contributed by atoms with Crippen molar-refractivity contribution in [2.45, 2.75) is 12.8 Å². The molecule has 0 aliphatic rings. The van der Waals surface area contributed by atoms with Crippen molar-refractivity contribution in [3.05, 3.63) is 77.3 Å². The second-order valence-electron chi connectivity index (χ2n) is 5.83. The van der Waals surface area contributed by atoms with Crippen LogP contribution in [0.15, 0.2) is 66.7 Å². The molecule has 3 nitrogen and oxygen atoms in total. The van der Waals surface area contributed by atoms with Crippen LogP contribution in [0, 0.1) is 0 Å². The highest BCUT2D eigenvalue weighted by Crippen LogP contribution is 2.20. The normalized spacial score (nSPS) is 10.6. The molecular weight excluding hydrogens is 334 g/mol. The standard InChI is InChI=1S/C21H20ClNO2/c22-19-9-5-16(6-10-19)7-12-21(24)23-13-14-25-20-11-8-17-3-1-2-4-18(17)15-20/h1-6,8-11,15H,7,12-14H2,(H,23,24). The topological polar surface area (TPSA) is 38.3 Å². The third kappa shape index (κ3) is 5.23. The molecule has 25 heavy (non-hydrogen) atoms. The van der Waals surface area contributed by atoms with Crippen molar-refractivity contribution in [2.24, 2.45) is 0 Å². The second kappa shape index (κ2) is 8.54. The Morgan fingerprint density at radius 1 is 0.960 bits per heavy atom. The van der Waals surface area contributed by atoms with Gasteiger partial charge in [0.15, 0.2) is 0 Å². The van der Waals surface area contributed by atoms with Crippen LogP contribution in [0.3, 0.4) is 0 Å². The van der Waals surface area contributed by atoms with Gasteiger partial charge >= 0.3 is 0 Å². The molecule has 0 aliphatic carbocycles. The number of carbonyl (C=O) groups excluding carboxylic acids is 1. The molecule has 0 radical (unpaired) electrons. The van der Waals surface area contributed by atoms with Crippen LogP contribution in [0.4, 0.5) is 0 Å². The first-order valence-electron chi connectivity index (χ1n) is 8.33. The predicted molar refractivity (Wildman–Crippen MR) is 102 cm³/mol. The maximum Gasteiger partial charge on any atom is 0.220 e. The fourth-order valence-electron chi connectivity index (χ4n) is 2.61. The molecular formula is C21H20ClNO2. The average molecular weight is 354 g/mol. The number of benzene rings is 3. The van der Waals surface area contributed by atoms with Crippen molar-refractivity contribution in [2.75, 3.05) is 13.2 Å². The fraction of sp³-hybridized carbons (Fsp3) is 0.190. The van der Waals surface area contributed by atoms with Gasteiger partial charge in [0.1, 0.15) is 12.4 Å². The zero-order valence-electron chi connectivity index (χ0n) is 13.9. The van der Waals surface area contributed by atoms with Crippen LogP contribution in [0.1, 0.15) is 12.0 Å². The molecule has 0 aromatic heterocycles. The van der Waals surface area contributed by atoms with E-state index in [1.165, 1.54) is 5.39 Å². The molecule has 0 saturated carbocycles. The molecule has 0 aliphatic heterocycles. The van der Waals surface area contributed by atoms with Crippen LogP contribution >= 0.6 is 11.6 Å². The lowest BCUT2D eigenvalue weighted by atomic mass is 10.1. The van der Waals surface area contributed by atoms with Crippen LogP contribution in [-0.2, 0) is 11.2 Å².